The van der Waals surface area contributed by atoms with E-state index in [-0.39, 0.29) is 6.61 Å². The Labute approximate surface area is 102 Å². The SMILES string of the molecule is C(OCC1CO1)C1CO1.COCCOCCO. The van der Waals surface area contributed by atoms with Crippen molar-refractivity contribution in [3.05, 3.63) is 0 Å². The van der Waals surface area contributed by atoms with Gasteiger partial charge in [-0.05, 0) is 0 Å². The molecule has 2 fully saturated rings. The van der Waals surface area contributed by atoms with Gasteiger partial charge in [-0.1, -0.05) is 0 Å². The molecule has 2 aliphatic rings. The zero-order valence-electron chi connectivity index (χ0n) is 10.3. The summed E-state index contributed by atoms with van der Waals surface area (Å²) in [5, 5.41) is 8.20. The number of ether oxygens (including phenoxy) is 5. The molecule has 6 nitrogen and oxygen atoms in total. The Morgan fingerprint density at radius 1 is 1.00 bits per heavy atom. The highest BCUT2D eigenvalue weighted by atomic mass is 16.6. The second-order valence-corrected chi connectivity index (χ2v) is 3.78. The summed E-state index contributed by atoms with van der Waals surface area (Å²) in [6.45, 7) is 4.92. The fourth-order valence-electron chi connectivity index (χ4n) is 0.968. The summed E-state index contributed by atoms with van der Waals surface area (Å²) in [7, 11) is 1.61. The minimum Gasteiger partial charge on any atom is -0.394 e. The fraction of sp³-hybridized carbons (Fsp3) is 1.00. The van der Waals surface area contributed by atoms with Crippen molar-refractivity contribution in [3.63, 3.8) is 0 Å². The first-order valence-electron chi connectivity index (χ1n) is 5.85. The van der Waals surface area contributed by atoms with Crippen LogP contribution in [0.2, 0.25) is 0 Å². The van der Waals surface area contributed by atoms with Crippen LogP contribution in [0, 0.1) is 0 Å². The Kier molecular flexibility index (Phi) is 8.50. The number of rotatable bonds is 9. The third kappa shape index (κ3) is 10.6. The van der Waals surface area contributed by atoms with Crippen molar-refractivity contribution in [1.29, 1.82) is 0 Å². The second-order valence-electron chi connectivity index (χ2n) is 3.78. The number of aliphatic hydroxyl groups excluding tert-OH is 1. The van der Waals surface area contributed by atoms with Crippen LogP contribution < -0.4 is 0 Å². The number of methoxy groups -OCH3 is 1. The molecule has 2 unspecified atom stereocenters. The molecule has 1 N–H and O–H groups in total. The lowest BCUT2D eigenvalue weighted by molar-refractivity contribution is 0.0500. The molecule has 2 heterocycles. The highest BCUT2D eigenvalue weighted by Crippen LogP contribution is 2.12. The van der Waals surface area contributed by atoms with Gasteiger partial charge in [-0.2, -0.15) is 0 Å². The molecule has 0 spiro atoms. The molecule has 17 heavy (non-hydrogen) atoms. The van der Waals surface area contributed by atoms with Crippen molar-refractivity contribution in [1.82, 2.24) is 0 Å². The van der Waals surface area contributed by atoms with Crippen LogP contribution in [-0.2, 0) is 23.7 Å². The van der Waals surface area contributed by atoms with Crippen molar-refractivity contribution in [3.8, 4) is 0 Å². The maximum atomic E-state index is 8.20. The summed E-state index contributed by atoms with van der Waals surface area (Å²) in [5.74, 6) is 0. The molecule has 0 saturated carbocycles. The summed E-state index contributed by atoms with van der Waals surface area (Å²) < 4.78 is 24.7. The van der Waals surface area contributed by atoms with E-state index in [1.807, 2.05) is 0 Å². The van der Waals surface area contributed by atoms with Crippen LogP contribution in [0.3, 0.4) is 0 Å². The van der Waals surface area contributed by atoms with Gasteiger partial charge in [-0.15, -0.1) is 0 Å². The minimum absolute atomic E-state index is 0.0870. The van der Waals surface area contributed by atoms with Crippen LogP contribution in [0.15, 0.2) is 0 Å². The molecule has 0 aromatic carbocycles. The predicted octanol–water partition coefficient (Wildman–Crippen LogP) is -0.558. The average molecular weight is 250 g/mol. The van der Waals surface area contributed by atoms with E-state index in [9.17, 15) is 0 Å². The fourth-order valence-corrected chi connectivity index (χ4v) is 0.968. The number of aliphatic hydroxyl groups is 1. The van der Waals surface area contributed by atoms with Crippen molar-refractivity contribution < 1.29 is 28.8 Å². The Balaban J connectivity index is 0.000000172. The van der Waals surface area contributed by atoms with E-state index >= 15 is 0 Å². The molecule has 0 aliphatic carbocycles. The molecule has 0 aromatic heterocycles. The first kappa shape index (κ1) is 14.8. The average Bonchev–Trinajstić information content (AvgIpc) is 3.19. The van der Waals surface area contributed by atoms with Crippen LogP contribution in [-0.4, -0.2) is 77.3 Å². The Hall–Kier alpha value is -0.240. The summed E-state index contributed by atoms with van der Waals surface area (Å²) in [6.07, 6.45) is 0.785. The van der Waals surface area contributed by atoms with Gasteiger partial charge in [0.05, 0.1) is 52.9 Å². The zero-order chi connectivity index (χ0) is 12.3. The van der Waals surface area contributed by atoms with E-state index in [1.165, 1.54) is 0 Å². The van der Waals surface area contributed by atoms with E-state index in [2.05, 4.69) is 4.74 Å². The van der Waals surface area contributed by atoms with Gasteiger partial charge in [0, 0.05) is 7.11 Å². The number of hydrogen-bond donors (Lipinski definition) is 1. The molecule has 2 atom stereocenters. The van der Waals surface area contributed by atoms with Gasteiger partial charge in [0.25, 0.3) is 0 Å². The first-order valence-corrected chi connectivity index (χ1v) is 5.85. The standard InChI is InChI=1S/C6H10O3.C5H12O3/c1(5-3-8-5)7-2-6-4-9-6;1-7-4-5-8-3-2-6/h5-6H,1-4H2;6H,2-5H2,1H3. The quantitative estimate of drug-likeness (QED) is 0.437. The molecule has 2 rings (SSSR count). The Bertz CT molecular complexity index is 151. The van der Waals surface area contributed by atoms with Gasteiger partial charge < -0.3 is 28.8 Å². The van der Waals surface area contributed by atoms with E-state index < -0.39 is 0 Å². The predicted molar refractivity (Wildman–Crippen MR) is 60.1 cm³/mol. The normalized spacial score (nSPS) is 25.1. The molecule has 2 aliphatic heterocycles. The van der Waals surface area contributed by atoms with Gasteiger partial charge in [0.1, 0.15) is 12.2 Å². The van der Waals surface area contributed by atoms with Crippen molar-refractivity contribution >= 4 is 0 Å². The second kappa shape index (κ2) is 9.76. The molecule has 102 valence electrons. The molecular weight excluding hydrogens is 228 g/mol. The van der Waals surface area contributed by atoms with Crippen molar-refractivity contribution in [2.24, 2.45) is 0 Å². The van der Waals surface area contributed by atoms with Crippen molar-refractivity contribution in [2.75, 3.05) is 60.0 Å². The molecule has 2 saturated heterocycles. The maximum Gasteiger partial charge on any atom is 0.104 e. The summed E-state index contributed by atoms with van der Waals surface area (Å²) in [5.41, 5.74) is 0. The highest BCUT2D eigenvalue weighted by Gasteiger charge is 2.26. The van der Waals surface area contributed by atoms with Crippen LogP contribution in [0.5, 0.6) is 0 Å². The van der Waals surface area contributed by atoms with Crippen LogP contribution in [0.4, 0.5) is 0 Å². The monoisotopic (exact) mass is 250 g/mol. The van der Waals surface area contributed by atoms with Crippen LogP contribution >= 0.6 is 0 Å². The maximum absolute atomic E-state index is 8.20. The smallest absolute Gasteiger partial charge is 0.104 e. The molecule has 0 bridgehead atoms. The van der Waals surface area contributed by atoms with Crippen molar-refractivity contribution in [2.45, 2.75) is 12.2 Å². The molecule has 0 amide bonds. The molecule has 0 radical (unpaired) electrons. The highest BCUT2D eigenvalue weighted by molar-refractivity contribution is 4.71. The summed E-state index contributed by atoms with van der Waals surface area (Å²) in [6, 6.07) is 0. The molecular formula is C11H22O6. The molecule has 0 aromatic rings. The van der Waals surface area contributed by atoms with Crippen LogP contribution in [0.25, 0.3) is 0 Å². The van der Waals surface area contributed by atoms with Gasteiger partial charge in [0.15, 0.2) is 0 Å². The van der Waals surface area contributed by atoms with Gasteiger partial charge in [0.2, 0.25) is 0 Å². The topological polar surface area (TPSA) is 73.0 Å². The van der Waals surface area contributed by atoms with Crippen LogP contribution in [0.1, 0.15) is 0 Å². The lowest BCUT2D eigenvalue weighted by atomic mass is 10.5. The van der Waals surface area contributed by atoms with E-state index in [4.69, 9.17) is 24.1 Å². The van der Waals surface area contributed by atoms with E-state index in [0.717, 1.165) is 26.4 Å². The number of epoxide rings is 2. The van der Waals surface area contributed by atoms with E-state index in [0.29, 0.717) is 32.0 Å². The Morgan fingerprint density at radius 2 is 1.59 bits per heavy atom. The van der Waals surface area contributed by atoms with Gasteiger partial charge in [-0.3, -0.25) is 0 Å². The van der Waals surface area contributed by atoms with Gasteiger partial charge in [-0.25, -0.2) is 0 Å². The lowest BCUT2D eigenvalue weighted by Crippen LogP contribution is -2.06. The summed E-state index contributed by atoms with van der Waals surface area (Å²) in [4.78, 5) is 0. The lowest BCUT2D eigenvalue weighted by Gasteiger charge is -1.98. The third-order valence-corrected chi connectivity index (χ3v) is 2.08. The first-order chi connectivity index (χ1) is 8.36. The minimum atomic E-state index is 0.0870. The van der Waals surface area contributed by atoms with E-state index in [1.54, 1.807) is 7.11 Å². The summed E-state index contributed by atoms with van der Waals surface area (Å²) >= 11 is 0. The largest absolute Gasteiger partial charge is 0.394 e. The van der Waals surface area contributed by atoms with Gasteiger partial charge >= 0.3 is 0 Å². The Morgan fingerprint density at radius 3 is 2.00 bits per heavy atom. The molecule has 6 heteroatoms. The number of hydrogen-bond acceptors (Lipinski definition) is 6. The third-order valence-electron chi connectivity index (χ3n) is 2.08. The zero-order valence-corrected chi connectivity index (χ0v) is 10.3.